The lowest BCUT2D eigenvalue weighted by Crippen LogP contribution is -2.53. The predicted octanol–water partition coefficient (Wildman–Crippen LogP) is 3.34. The molecule has 3 rings (SSSR count). The van der Waals surface area contributed by atoms with E-state index in [0.29, 0.717) is 5.56 Å². The second kappa shape index (κ2) is 4.46. The number of fused-ring (bicyclic) bond motifs is 1. The third-order valence-corrected chi connectivity index (χ3v) is 7.09. The van der Waals surface area contributed by atoms with Gasteiger partial charge in [-0.1, -0.05) is 8.28 Å². The van der Waals surface area contributed by atoms with Crippen LogP contribution < -0.4 is 15.4 Å². The van der Waals surface area contributed by atoms with Gasteiger partial charge in [0.25, 0.3) is 0 Å². The molecule has 1 aromatic rings. The Labute approximate surface area is 124 Å². The number of benzene rings is 1. The fraction of sp³-hybridized carbons (Fsp3) is 0.500. The van der Waals surface area contributed by atoms with Crippen molar-refractivity contribution in [2.75, 3.05) is 5.32 Å². The molecule has 7 heteroatoms. The Morgan fingerprint density at radius 1 is 1.42 bits per heavy atom. The zero-order chi connectivity index (χ0) is 13.8. The van der Waals surface area contributed by atoms with Crippen molar-refractivity contribution >= 4 is 37.3 Å². The van der Waals surface area contributed by atoms with E-state index in [0.717, 1.165) is 10.6 Å². The lowest BCUT2D eigenvalue weighted by molar-refractivity contribution is 0.450. The highest BCUT2D eigenvalue weighted by Gasteiger charge is 2.41. The highest BCUT2D eigenvalue weighted by molar-refractivity contribution is 9.17. The molecule has 1 unspecified atom stereocenters. The molecule has 3 N–H and O–H groups in total. The smallest absolute Gasteiger partial charge is 0.142 e. The summed E-state index contributed by atoms with van der Waals surface area (Å²) >= 11 is 9.27. The number of anilines is 1. The fourth-order valence-corrected chi connectivity index (χ4v) is 5.87. The minimum absolute atomic E-state index is 0.0881. The lowest BCUT2D eigenvalue weighted by atomic mass is 10.2. The van der Waals surface area contributed by atoms with Gasteiger partial charge < -0.3 is 5.32 Å². The molecule has 0 amide bonds. The van der Waals surface area contributed by atoms with Crippen molar-refractivity contribution in [3.8, 4) is 0 Å². The SMILES string of the molecule is Cc1c(F)ccc2c1S(S)(S)NC(NC1(C)CC1)N2. The lowest BCUT2D eigenvalue weighted by Gasteiger charge is -2.43. The van der Waals surface area contributed by atoms with Gasteiger partial charge in [-0.15, -0.1) is 23.3 Å². The minimum atomic E-state index is -1.82. The normalized spacial score (nSPS) is 28.2. The molecule has 1 aromatic carbocycles. The van der Waals surface area contributed by atoms with Crippen LogP contribution in [0, 0.1) is 12.7 Å². The maximum Gasteiger partial charge on any atom is 0.142 e. The van der Waals surface area contributed by atoms with Crippen molar-refractivity contribution in [1.29, 1.82) is 0 Å². The first-order valence-electron chi connectivity index (χ1n) is 6.20. The molecule has 106 valence electrons. The Hall–Kier alpha value is -0.0800. The summed E-state index contributed by atoms with van der Waals surface area (Å²) in [6.07, 6.45) is 2.25. The summed E-state index contributed by atoms with van der Waals surface area (Å²) < 4.78 is 17.0. The highest BCUT2D eigenvalue weighted by atomic mass is 33.5. The molecular weight excluding hydrogens is 301 g/mol. The molecule has 19 heavy (non-hydrogen) atoms. The zero-order valence-electron chi connectivity index (χ0n) is 10.8. The van der Waals surface area contributed by atoms with Gasteiger partial charge in [-0.05, 0) is 38.8 Å². The van der Waals surface area contributed by atoms with E-state index in [-0.39, 0.29) is 17.6 Å². The number of halogens is 1. The topological polar surface area (TPSA) is 36.1 Å². The molecule has 1 aliphatic carbocycles. The van der Waals surface area contributed by atoms with Crippen LogP contribution >= 0.6 is 31.6 Å². The van der Waals surface area contributed by atoms with E-state index in [9.17, 15) is 4.39 Å². The average Bonchev–Trinajstić information content (AvgIpc) is 2.99. The highest BCUT2D eigenvalue weighted by Crippen LogP contribution is 2.66. The minimum Gasteiger partial charge on any atom is -0.356 e. The number of hydrogen-bond donors (Lipinski definition) is 5. The van der Waals surface area contributed by atoms with Gasteiger partial charge in [0.2, 0.25) is 0 Å². The van der Waals surface area contributed by atoms with Crippen LogP contribution in [0.1, 0.15) is 25.3 Å². The molecular formula is C12H18FN3S3. The largest absolute Gasteiger partial charge is 0.356 e. The summed E-state index contributed by atoms with van der Waals surface area (Å²) in [6.45, 7) is 3.96. The summed E-state index contributed by atoms with van der Waals surface area (Å²) in [5, 5.41) is 6.86. The van der Waals surface area contributed by atoms with Gasteiger partial charge in [-0.3, -0.25) is 5.32 Å². The molecule has 1 fully saturated rings. The second-order valence-electron chi connectivity index (χ2n) is 5.50. The Kier molecular flexibility index (Phi) is 3.26. The van der Waals surface area contributed by atoms with E-state index in [1.807, 2.05) is 0 Å². The molecule has 0 bridgehead atoms. The third-order valence-electron chi connectivity index (χ3n) is 3.70. The van der Waals surface area contributed by atoms with Crippen LogP contribution in [0.5, 0.6) is 0 Å². The van der Waals surface area contributed by atoms with Crippen LogP contribution in [0.3, 0.4) is 0 Å². The first kappa shape index (κ1) is 13.9. The van der Waals surface area contributed by atoms with E-state index in [4.69, 9.17) is 0 Å². The van der Waals surface area contributed by atoms with E-state index < -0.39 is 8.28 Å². The first-order valence-corrected chi connectivity index (χ1v) is 9.93. The average molecular weight is 319 g/mol. The third kappa shape index (κ3) is 2.58. The van der Waals surface area contributed by atoms with E-state index in [2.05, 4.69) is 45.6 Å². The molecule has 0 spiro atoms. The van der Waals surface area contributed by atoms with Crippen molar-refractivity contribution in [2.45, 2.75) is 43.4 Å². The van der Waals surface area contributed by atoms with Crippen molar-refractivity contribution in [2.24, 2.45) is 0 Å². The summed E-state index contributed by atoms with van der Waals surface area (Å²) in [5.41, 5.74) is 1.70. The van der Waals surface area contributed by atoms with Gasteiger partial charge in [0.1, 0.15) is 12.1 Å². The van der Waals surface area contributed by atoms with E-state index in [1.54, 1.807) is 13.0 Å². The molecule has 0 aromatic heterocycles. The summed E-state index contributed by atoms with van der Waals surface area (Å²) in [6, 6.07) is 3.25. The predicted molar refractivity (Wildman–Crippen MR) is 86.3 cm³/mol. The summed E-state index contributed by atoms with van der Waals surface area (Å²) in [5.74, 6) is -0.220. The zero-order valence-corrected chi connectivity index (χ0v) is 13.4. The van der Waals surface area contributed by atoms with Gasteiger partial charge in [-0.25, -0.2) is 9.11 Å². The second-order valence-corrected chi connectivity index (χ2v) is 11.4. The van der Waals surface area contributed by atoms with Gasteiger partial charge >= 0.3 is 0 Å². The number of rotatable bonds is 2. The van der Waals surface area contributed by atoms with Crippen molar-refractivity contribution in [3.63, 3.8) is 0 Å². The molecule has 0 radical (unpaired) electrons. The molecule has 1 atom stereocenters. The van der Waals surface area contributed by atoms with E-state index >= 15 is 0 Å². The summed E-state index contributed by atoms with van der Waals surface area (Å²) in [7, 11) is -1.82. The molecule has 1 heterocycles. The standard InChI is InChI=1S/C12H18FN3S3/c1-7-8(13)3-4-9-10(7)19(17,18)16-11(14-9)15-12(2)5-6-12/h3-4,11,14-18H,5-6H2,1-2H3. The maximum atomic E-state index is 13.7. The quantitative estimate of drug-likeness (QED) is 0.429. The Balaban J connectivity index is 1.94. The van der Waals surface area contributed by atoms with Crippen molar-refractivity contribution < 1.29 is 4.39 Å². The fourth-order valence-electron chi connectivity index (χ4n) is 2.30. The molecule has 3 nitrogen and oxygen atoms in total. The van der Waals surface area contributed by atoms with Gasteiger partial charge in [0, 0.05) is 11.1 Å². The van der Waals surface area contributed by atoms with Crippen molar-refractivity contribution in [3.05, 3.63) is 23.5 Å². The summed E-state index contributed by atoms with van der Waals surface area (Å²) in [4.78, 5) is 0.832. The Bertz CT molecular complexity index is 531. The molecule has 1 saturated carbocycles. The number of nitrogens with one attached hydrogen (secondary N) is 3. The monoisotopic (exact) mass is 319 g/mol. The molecule has 2 aliphatic rings. The van der Waals surface area contributed by atoms with Gasteiger partial charge in [0.05, 0.1) is 10.6 Å². The van der Waals surface area contributed by atoms with Crippen LogP contribution in [-0.4, -0.2) is 11.8 Å². The van der Waals surface area contributed by atoms with Crippen LogP contribution in [0.15, 0.2) is 17.0 Å². The van der Waals surface area contributed by atoms with Gasteiger partial charge in [-0.2, -0.15) is 0 Å². The Morgan fingerprint density at radius 3 is 2.74 bits per heavy atom. The van der Waals surface area contributed by atoms with Crippen LogP contribution in [0.25, 0.3) is 0 Å². The van der Waals surface area contributed by atoms with Crippen LogP contribution in [0.2, 0.25) is 0 Å². The van der Waals surface area contributed by atoms with Crippen LogP contribution in [0.4, 0.5) is 10.1 Å². The maximum absolute atomic E-state index is 13.7. The Morgan fingerprint density at radius 2 is 2.11 bits per heavy atom. The van der Waals surface area contributed by atoms with Crippen molar-refractivity contribution in [1.82, 2.24) is 10.0 Å². The van der Waals surface area contributed by atoms with E-state index in [1.165, 1.54) is 18.9 Å². The number of thiol groups is 2. The first-order chi connectivity index (χ1) is 8.81. The molecule has 0 saturated heterocycles. The van der Waals surface area contributed by atoms with Gasteiger partial charge in [0.15, 0.2) is 0 Å². The number of hydrogen-bond acceptors (Lipinski definition) is 5. The molecule has 1 aliphatic heterocycles. The van der Waals surface area contributed by atoms with Crippen LogP contribution in [-0.2, 0) is 0 Å².